The molecule has 7 nitrogen and oxygen atoms in total. The number of aryl methyl sites for hydroxylation is 2. The Morgan fingerprint density at radius 1 is 1.26 bits per heavy atom. The lowest BCUT2D eigenvalue weighted by Crippen LogP contribution is -2.13. The number of benzene rings is 1. The molecule has 3 rings (SSSR count). The first-order valence-electron chi connectivity index (χ1n) is 8.29. The van der Waals surface area contributed by atoms with Crippen molar-refractivity contribution in [1.82, 2.24) is 4.98 Å². The number of anilines is 2. The lowest BCUT2D eigenvalue weighted by atomic mass is 10.2. The van der Waals surface area contributed by atoms with E-state index in [2.05, 4.69) is 15.6 Å². The lowest BCUT2D eigenvalue weighted by molar-refractivity contribution is -0.116. The van der Waals surface area contributed by atoms with Crippen LogP contribution in [0, 0.1) is 6.92 Å². The molecule has 2 N–H and O–H groups in total. The number of carbonyl (C=O) groups is 2. The molecule has 0 bridgehead atoms. The third kappa shape index (κ3) is 4.95. The van der Waals surface area contributed by atoms with Crippen LogP contribution in [0.3, 0.4) is 0 Å². The van der Waals surface area contributed by atoms with E-state index in [9.17, 15) is 9.59 Å². The summed E-state index contributed by atoms with van der Waals surface area (Å²) in [4.78, 5) is 28.5. The van der Waals surface area contributed by atoms with Crippen molar-refractivity contribution in [3.05, 3.63) is 59.0 Å². The first-order chi connectivity index (χ1) is 13.0. The number of aromatic nitrogens is 1. The van der Waals surface area contributed by atoms with Crippen molar-refractivity contribution in [3.63, 3.8) is 0 Å². The standard InChI is InChI=1S/C19H19N3O4S/c1-12-5-7-15(25-2)14(10-12)21-17(23)8-6-13-11-27-19(20-13)22-18(24)16-4-3-9-26-16/h3-5,7,9-11H,6,8H2,1-2H3,(H,21,23)(H,20,22,24). The van der Waals surface area contributed by atoms with E-state index in [1.54, 1.807) is 19.2 Å². The van der Waals surface area contributed by atoms with Crippen molar-refractivity contribution in [1.29, 1.82) is 0 Å². The highest BCUT2D eigenvalue weighted by Gasteiger charge is 2.13. The van der Waals surface area contributed by atoms with Crippen LogP contribution in [0.15, 0.2) is 46.4 Å². The molecule has 0 atom stereocenters. The zero-order valence-electron chi connectivity index (χ0n) is 14.9. The summed E-state index contributed by atoms with van der Waals surface area (Å²) >= 11 is 1.30. The molecule has 0 spiro atoms. The molecule has 0 unspecified atom stereocenters. The second-order valence-electron chi connectivity index (χ2n) is 5.83. The molecule has 3 aromatic rings. The van der Waals surface area contributed by atoms with E-state index in [-0.39, 0.29) is 24.0 Å². The van der Waals surface area contributed by atoms with Gasteiger partial charge in [0.15, 0.2) is 10.9 Å². The Morgan fingerprint density at radius 3 is 2.85 bits per heavy atom. The molecule has 2 heterocycles. The number of carbonyl (C=O) groups excluding carboxylic acids is 2. The number of hydrogen-bond acceptors (Lipinski definition) is 6. The Morgan fingerprint density at radius 2 is 2.11 bits per heavy atom. The van der Waals surface area contributed by atoms with Crippen LogP contribution in [0.5, 0.6) is 5.75 Å². The maximum Gasteiger partial charge on any atom is 0.293 e. The van der Waals surface area contributed by atoms with E-state index in [1.807, 2.05) is 30.5 Å². The molecule has 0 saturated carbocycles. The number of nitrogens with zero attached hydrogens (tertiary/aromatic N) is 1. The summed E-state index contributed by atoms with van der Waals surface area (Å²) in [6, 6.07) is 8.82. The van der Waals surface area contributed by atoms with Gasteiger partial charge in [-0.05, 0) is 43.2 Å². The van der Waals surface area contributed by atoms with Gasteiger partial charge in [-0.3, -0.25) is 14.9 Å². The van der Waals surface area contributed by atoms with Crippen molar-refractivity contribution in [2.24, 2.45) is 0 Å². The van der Waals surface area contributed by atoms with Crippen LogP contribution in [0.4, 0.5) is 10.8 Å². The largest absolute Gasteiger partial charge is 0.495 e. The zero-order valence-corrected chi connectivity index (χ0v) is 15.8. The van der Waals surface area contributed by atoms with Crippen LogP contribution < -0.4 is 15.4 Å². The van der Waals surface area contributed by atoms with Crippen LogP contribution in [0.2, 0.25) is 0 Å². The molecule has 0 fully saturated rings. The third-order valence-corrected chi connectivity index (χ3v) is 4.56. The smallest absolute Gasteiger partial charge is 0.293 e. The van der Waals surface area contributed by atoms with Crippen LogP contribution in [0.25, 0.3) is 0 Å². The maximum atomic E-state index is 12.2. The Hall–Kier alpha value is -3.13. The van der Waals surface area contributed by atoms with Crippen LogP contribution >= 0.6 is 11.3 Å². The monoisotopic (exact) mass is 385 g/mol. The molecule has 140 valence electrons. The van der Waals surface area contributed by atoms with Gasteiger partial charge in [0, 0.05) is 11.8 Å². The number of hydrogen-bond donors (Lipinski definition) is 2. The average molecular weight is 385 g/mol. The van der Waals surface area contributed by atoms with Gasteiger partial charge in [0.2, 0.25) is 5.91 Å². The molecule has 0 aliphatic carbocycles. The summed E-state index contributed by atoms with van der Waals surface area (Å²) in [6.45, 7) is 1.95. The van der Waals surface area contributed by atoms with E-state index in [0.717, 1.165) is 11.3 Å². The minimum Gasteiger partial charge on any atom is -0.495 e. The molecule has 8 heteroatoms. The summed E-state index contributed by atoms with van der Waals surface area (Å²) in [7, 11) is 1.56. The van der Waals surface area contributed by atoms with Gasteiger partial charge < -0.3 is 14.5 Å². The molecule has 0 aliphatic heterocycles. The number of ether oxygens (including phenoxy) is 1. The van der Waals surface area contributed by atoms with Crippen molar-refractivity contribution in [2.45, 2.75) is 19.8 Å². The second kappa shape index (κ2) is 8.50. The Kier molecular flexibility index (Phi) is 5.87. The number of furan rings is 1. The van der Waals surface area contributed by atoms with E-state index >= 15 is 0 Å². The predicted octanol–water partition coefficient (Wildman–Crippen LogP) is 3.88. The summed E-state index contributed by atoms with van der Waals surface area (Å²) in [6.07, 6.45) is 2.17. The minimum atomic E-state index is -0.356. The molecular formula is C19H19N3O4S. The SMILES string of the molecule is COc1ccc(C)cc1NC(=O)CCc1csc(NC(=O)c2ccco2)n1. The van der Waals surface area contributed by atoms with Gasteiger partial charge in [0.05, 0.1) is 24.8 Å². The quantitative estimate of drug-likeness (QED) is 0.644. The number of nitrogens with one attached hydrogen (secondary N) is 2. The van der Waals surface area contributed by atoms with E-state index < -0.39 is 0 Å². The third-order valence-electron chi connectivity index (χ3n) is 3.75. The van der Waals surface area contributed by atoms with Gasteiger partial charge in [0.25, 0.3) is 5.91 Å². The number of methoxy groups -OCH3 is 1. The van der Waals surface area contributed by atoms with Crippen LogP contribution in [0.1, 0.15) is 28.2 Å². The normalized spacial score (nSPS) is 10.4. The van der Waals surface area contributed by atoms with Gasteiger partial charge in [-0.25, -0.2) is 4.98 Å². The fourth-order valence-electron chi connectivity index (χ4n) is 2.42. The fourth-order valence-corrected chi connectivity index (χ4v) is 3.16. The molecule has 2 aromatic heterocycles. The second-order valence-corrected chi connectivity index (χ2v) is 6.69. The Bertz CT molecular complexity index is 934. The molecule has 2 amide bonds. The molecule has 0 saturated heterocycles. The fraction of sp³-hybridized carbons (Fsp3) is 0.211. The van der Waals surface area contributed by atoms with Gasteiger partial charge >= 0.3 is 0 Å². The number of thiazole rings is 1. The van der Waals surface area contributed by atoms with Crippen molar-refractivity contribution in [2.75, 3.05) is 17.7 Å². The summed E-state index contributed by atoms with van der Waals surface area (Å²) in [5, 5.41) is 7.81. The van der Waals surface area contributed by atoms with Crippen LogP contribution in [-0.4, -0.2) is 23.9 Å². The topological polar surface area (TPSA) is 93.5 Å². The zero-order chi connectivity index (χ0) is 19.2. The molecular weight excluding hydrogens is 366 g/mol. The highest BCUT2D eigenvalue weighted by Crippen LogP contribution is 2.25. The Balaban J connectivity index is 1.53. The number of rotatable bonds is 7. The predicted molar refractivity (Wildman–Crippen MR) is 103 cm³/mol. The van der Waals surface area contributed by atoms with E-state index in [0.29, 0.717) is 23.0 Å². The van der Waals surface area contributed by atoms with Gasteiger partial charge in [-0.2, -0.15) is 0 Å². The summed E-state index contributed by atoms with van der Waals surface area (Å²) in [5.74, 6) is 0.349. The van der Waals surface area contributed by atoms with Crippen LogP contribution in [-0.2, 0) is 11.2 Å². The van der Waals surface area contributed by atoms with Gasteiger partial charge in [-0.1, -0.05) is 6.07 Å². The molecule has 27 heavy (non-hydrogen) atoms. The Labute approximate surface area is 160 Å². The van der Waals surface area contributed by atoms with E-state index in [1.165, 1.54) is 17.6 Å². The van der Waals surface area contributed by atoms with Crippen molar-refractivity contribution >= 4 is 34.0 Å². The van der Waals surface area contributed by atoms with E-state index in [4.69, 9.17) is 9.15 Å². The highest BCUT2D eigenvalue weighted by atomic mass is 32.1. The summed E-state index contributed by atoms with van der Waals surface area (Å²) < 4.78 is 10.3. The first kappa shape index (κ1) is 18.7. The lowest BCUT2D eigenvalue weighted by Gasteiger charge is -2.10. The highest BCUT2D eigenvalue weighted by molar-refractivity contribution is 7.13. The average Bonchev–Trinajstić information content (AvgIpc) is 3.32. The van der Waals surface area contributed by atoms with Gasteiger partial charge in [0.1, 0.15) is 5.75 Å². The maximum absolute atomic E-state index is 12.2. The molecule has 0 aliphatic rings. The molecule has 0 radical (unpaired) electrons. The number of amides is 2. The summed E-state index contributed by atoms with van der Waals surface area (Å²) in [5.41, 5.74) is 2.41. The van der Waals surface area contributed by atoms with Gasteiger partial charge in [-0.15, -0.1) is 11.3 Å². The first-order valence-corrected chi connectivity index (χ1v) is 9.17. The minimum absolute atomic E-state index is 0.131. The van der Waals surface area contributed by atoms with Crippen molar-refractivity contribution < 1.29 is 18.7 Å². The van der Waals surface area contributed by atoms with Crippen molar-refractivity contribution in [3.8, 4) is 5.75 Å². The molecule has 1 aromatic carbocycles.